The van der Waals surface area contributed by atoms with E-state index in [0.29, 0.717) is 26.9 Å². The standard InChI is InChI=1S/C14H8Cl2F2N2O/c15-8-5-10(16)13-19-11(7-20(13)6-8)9-3-1-2-4-12(9)21-14(17)18/h1-7,14H. The normalized spacial score (nSPS) is 11.3. The number of nitrogens with zero attached hydrogens (tertiary/aromatic N) is 2. The molecule has 0 unspecified atom stereocenters. The average molecular weight is 329 g/mol. The fourth-order valence-electron chi connectivity index (χ4n) is 2.03. The number of benzene rings is 1. The van der Waals surface area contributed by atoms with Crippen molar-refractivity contribution in [3.63, 3.8) is 0 Å². The Bertz CT molecular complexity index is 805. The number of ether oxygens (including phenoxy) is 1. The van der Waals surface area contributed by atoms with Gasteiger partial charge in [0.05, 0.1) is 15.7 Å². The van der Waals surface area contributed by atoms with Crippen molar-refractivity contribution < 1.29 is 13.5 Å². The predicted octanol–water partition coefficient (Wildman–Crippen LogP) is 4.91. The van der Waals surface area contributed by atoms with E-state index in [1.54, 1.807) is 41.1 Å². The third-order valence-electron chi connectivity index (χ3n) is 2.85. The minimum atomic E-state index is -2.90. The van der Waals surface area contributed by atoms with Crippen LogP contribution in [0.5, 0.6) is 5.75 Å². The molecule has 2 aromatic heterocycles. The maximum absolute atomic E-state index is 12.5. The second kappa shape index (κ2) is 5.50. The SMILES string of the molecule is FC(F)Oc1ccccc1-c1cn2cc(Cl)cc(Cl)c2n1. The molecule has 0 aliphatic carbocycles. The number of fused-ring (bicyclic) bond motifs is 1. The summed E-state index contributed by atoms with van der Waals surface area (Å²) in [4.78, 5) is 4.34. The molecule has 3 rings (SSSR count). The molecule has 7 heteroatoms. The Morgan fingerprint density at radius 3 is 2.67 bits per heavy atom. The minimum absolute atomic E-state index is 0.0538. The van der Waals surface area contributed by atoms with Crippen LogP contribution in [0.1, 0.15) is 0 Å². The van der Waals surface area contributed by atoms with E-state index < -0.39 is 6.61 Å². The lowest BCUT2D eigenvalue weighted by atomic mass is 10.1. The highest BCUT2D eigenvalue weighted by Gasteiger charge is 2.14. The van der Waals surface area contributed by atoms with Gasteiger partial charge in [-0.05, 0) is 18.2 Å². The number of hydrogen-bond acceptors (Lipinski definition) is 2. The number of imidazole rings is 1. The number of hydrogen-bond donors (Lipinski definition) is 0. The van der Waals surface area contributed by atoms with Gasteiger partial charge in [-0.1, -0.05) is 35.3 Å². The number of aromatic nitrogens is 2. The molecule has 0 radical (unpaired) electrons. The van der Waals surface area contributed by atoms with E-state index in [0.717, 1.165) is 0 Å². The molecule has 3 aromatic rings. The van der Waals surface area contributed by atoms with Gasteiger partial charge in [0.1, 0.15) is 5.75 Å². The molecule has 0 saturated carbocycles. The summed E-state index contributed by atoms with van der Waals surface area (Å²) < 4.78 is 31.0. The van der Waals surface area contributed by atoms with E-state index in [9.17, 15) is 8.78 Å². The van der Waals surface area contributed by atoms with Crippen LogP contribution >= 0.6 is 23.2 Å². The van der Waals surface area contributed by atoms with Crippen LogP contribution in [0.3, 0.4) is 0 Å². The Morgan fingerprint density at radius 2 is 1.90 bits per heavy atom. The molecule has 0 fully saturated rings. The van der Waals surface area contributed by atoms with Crippen molar-refractivity contribution in [1.82, 2.24) is 9.38 Å². The number of alkyl halides is 2. The van der Waals surface area contributed by atoms with Crippen molar-refractivity contribution in [2.45, 2.75) is 6.61 Å². The van der Waals surface area contributed by atoms with Crippen LogP contribution in [-0.4, -0.2) is 16.0 Å². The summed E-state index contributed by atoms with van der Waals surface area (Å²) >= 11 is 12.0. The average Bonchev–Trinajstić information content (AvgIpc) is 2.82. The molecule has 2 heterocycles. The lowest BCUT2D eigenvalue weighted by Crippen LogP contribution is -2.03. The van der Waals surface area contributed by atoms with E-state index >= 15 is 0 Å². The third kappa shape index (κ3) is 2.80. The van der Waals surface area contributed by atoms with E-state index in [-0.39, 0.29) is 5.75 Å². The molecule has 0 saturated heterocycles. The van der Waals surface area contributed by atoms with Crippen molar-refractivity contribution in [2.75, 3.05) is 0 Å². The summed E-state index contributed by atoms with van der Waals surface area (Å²) in [6, 6.07) is 8.00. The molecule has 0 amide bonds. The van der Waals surface area contributed by atoms with Gasteiger partial charge >= 0.3 is 6.61 Å². The first kappa shape index (κ1) is 14.1. The third-order valence-corrected chi connectivity index (χ3v) is 3.34. The molecular weight excluding hydrogens is 321 g/mol. The molecule has 0 bridgehead atoms. The summed E-state index contributed by atoms with van der Waals surface area (Å²) in [5.41, 5.74) is 1.41. The molecular formula is C14H8Cl2F2N2O. The maximum atomic E-state index is 12.5. The quantitative estimate of drug-likeness (QED) is 0.682. The number of para-hydroxylation sites is 1. The van der Waals surface area contributed by atoms with Crippen LogP contribution < -0.4 is 4.74 Å². The van der Waals surface area contributed by atoms with Crippen LogP contribution in [-0.2, 0) is 0 Å². The zero-order valence-electron chi connectivity index (χ0n) is 10.4. The summed E-state index contributed by atoms with van der Waals surface area (Å²) in [5.74, 6) is 0.0538. The molecule has 0 spiro atoms. The summed E-state index contributed by atoms with van der Waals surface area (Å²) in [7, 11) is 0. The highest BCUT2D eigenvalue weighted by Crippen LogP contribution is 2.32. The molecule has 0 N–H and O–H groups in total. The van der Waals surface area contributed by atoms with Crippen LogP contribution in [0.4, 0.5) is 8.78 Å². The van der Waals surface area contributed by atoms with E-state index in [1.807, 2.05) is 0 Å². The molecule has 0 atom stereocenters. The smallest absolute Gasteiger partial charge is 0.387 e. The van der Waals surface area contributed by atoms with Gasteiger partial charge in [0.15, 0.2) is 5.65 Å². The van der Waals surface area contributed by atoms with Crippen molar-refractivity contribution in [3.05, 3.63) is 52.8 Å². The largest absolute Gasteiger partial charge is 0.434 e. The zero-order chi connectivity index (χ0) is 15.0. The van der Waals surface area contributed by atoms with Crippen LogP contribution in [0.25, 0.3) is 16.9 Å². The van der Waals surface area contributed by atoms with Gasteiger partial charge in [0.25, 0.3) is 0 Å². The van der Waals surface area contributed by atoms with Crippen molar-refractivity contribution in [2.24, 2.45) is 0 Å². The highest BCUT2D eigenvalue weighted by atomic mass is 35.5. The fourth-order valence-corrected chi connectivity index (χ4v) is 2.56. The number of halogens is 4. The van der Waals surface area contributed by atoms with Crippen molar-refractivity contribution in [1.29, 1.82) is 0 Å². The molecule has 0 aliphatic rings. The summed E-state index contributed by atoms with van der Waals surface area (Å²) in [5, 5.41) is 0.828. The van der Waals surface area contributed by atoms with Crippen LogP contribution in [0.15, 0.2) is 42.7 Å². The Balaban J connectivity index is 2.15. The molecule has 0 aliphatic heterocycles. The number of rotatable bonds is 3. The summed E-state index contributed by atoms with van der Waals surface area (Å²) in [6.45, 7) is -2.90. The fraction of sp³-hybridized carbons (Fsp3) is 0.0714. The monoisotopic (exact) mass is 328 g/mol. The highest BCUT2D eigenvalue weighted by molar-refractivity contribution is 6.36. The summed E-state index contributed by atoms with van der Waals surface area (Å²) in [6.07, 6.45) is 3.29. The molecule has 1 aromatic carbocycles. The second-order valence-electron chi connectivity index (χ2n) is 4.24. The van der Waals surface area contributed by atoms with Gasteiger partial charge in [0.2, 0.25) is 0 Å². The van der Waals surface area contributed by atoms with Gasteiger partial charge in [-0.15, -0.1) is 0 Å². The van der Waals surface area contributed by atoms with Gasteiger partial charge < -0.3 is 9.14 Å². The second-order valence-corrected chi connectivity index (χ2v) is 5.08. The van der Waals surface area contributed by atoms with Gasteiger partial charge in [-0.3, -0.25) is 0 Å². The number of pyridine rings is 1. The van der Waals surface area contributed by atoms with Crippen molar-refractivity contribution in [3.8, 4) is 17.0 Å². The first-order valence-corrected chi connectivity index (χ1v) is 6.68. The topological polar surface area (TPSA) is 26.5 Å². The zero-order valence-corrected chi connectivity index (χ0v) is 11.9. The van der Waals surface area contributed by atoms with Crippen molar-refractivity contribution >= 4 is 28.8 Å². The lowest BCUT2D eigenvalue weighted by Gasteiger charge is -2.08. The molecule has 3 nitrogen and oxygen atoms in total. The van der Waals surface area contributed by atoms with E-state index in [1.165, 1.54) is 6.07 Å². The van der Waals surface area contributed by atoms with Gasteiger partial charge in [-0.25, -0.2) is 4.98 Å². The van der Waals surface area contributed by atoms with E-state index in [2.05, 4.69) is 9.72 Å². The lowest BCUT2D eigenvalue weighted by molar-refractivity contribution is -0.0494. The van der Waals surface area contributed by atoms with Crippen LogP contribution in [0.2, 0.25) is 10.0 Å². The Morgan fingerprint density at radius 1 is 1.14 bits per heavy atom. The Labute approximate surface area is 128 Å². The van der Waals surface area contributed by atoms with Gasteiger partial charge in [0, 0.05) is 18.0 Å². The van der Waals surface area contributed by atoms with E-state index in [4.69, 9.17) is 23.2 Å². The first-order chi connectivity index (χ1) is 10.0. The Kier molecular flexibility index (Phi) is 3.69. The first-order valence-electron chi connectivity index (χ1n) is 5.92. The van der Waals surface area contributed by atoms with Gasteiger partial charge in [-0.2, -0.15) is 8.78 Å². The maximum Gasteiger partial charge on any atom is 0.387 e. The Hall–Kier alpha value is -1.85. The predicted molar refractivity (Wildman–Crippen MR) is 77.3 cm³/mol. The van der Waals surface area contributed by atoms with Crippen LogP contribution in [0, 0.1) is 0 Å². The molecule has 108 valence electrons. The molecule has 21 heavy (non-hydrogen) atoms. The minimum Gasteiger partial charge on any atom is -0.434 e.